The quantitative estimate of drug-likeness (QED) is 0.585. The van der Waals surface area contributed by atoms with Crippen LogP contribution < -0.4 is 0 Å². The third kappa shape index (κ3) is 5.43. The van der Waals surface area contributed by atoms with E-state index >= 15 is 0 Å². The van der Waals surface area contributed by atoms with Crippen LogP contribution in [0.5, 0.6) is 0 Å². The van der Waals surface area contributed by atoms with E-state index in [1.807, 2.05) is 0 Å². The molecule has 1 fully saturated rings. The molecule has 1 rings (SSSR count). The van der Waals surface area contributed by atoms with Gasteiger partial charge in [0.25, 0.3) is 0 Å². The van der Waals surface area contributed by atoms with Crippen molar-refractivity contribution in [2.24, 2.45) is 0 Å². The Morgan fingerprint density at radius 2 is 1.56 bits per heavy atom. The predicted molar refractivity (Wildman–Crippen MR) is 67.2 cm³/mol. The number of halogens is 2. The van der Waals surface area contributed by atoms with Gasteiger partial charge >= 0.3 is 11.9 Å². The molecule has 0 aromatic carbocycles. The van der Waals surface area contributed by atoms with Crippen LogP contribution in [0, 0.1) is 0 Å². The summed E-state index contributed by atoms with van der Waals surface area (Å²) in [5.41, 5.74) is 0. The number of rotatable bonds is 4. The van der Waals surface area contributed by atoms with E-state index in [4.69, 9.17) is 9.16 Å². The van der Waals surface area contributed by atoms with Crippen LogP contribution in [0.1, 0.15) is 32.6 Å². The van der Waals surface area contributed by atoms with Crippen molar-refractivity contribution in [3.63, 3.8) is 0 Å². The maximum Gasteiger partial charge on any atom is 0.376 e. The van der Waals surface area contributed by atoms with E-state index in [0.29, 0.717) is 19.8 Å². The standard InChI is InChI=1S/C12H22F2O3Si/c1-12(13,14)11(15)16-9-5-7-10(8-6-9)17-18(2,3)4/h9-10H,5-8H2,1-4H3. The monoisotopic (exact) mass is 280 g/mol. The Kier molecular flexibility index (Phi) is 4.88. The second-order valence-corrected chi connectivity index (χ2v) is 10.4. The smallest absolute Gasteiger partial charge is 0.376 e. The van der Waals surface area contributed by atoms with E-state index in [1.165, 1.54) is 0 Å². The lowest BCUT2D eigenvalue weighted by molar-refractivity contribution is -0.177. The van der Waals surface area contributed by atoms with Gasteiger partial charge in [-0.25, -0.2) is 4.79 Å². The fourth-order valence-electron chi connectivity index (χ4n) is 2.02. The normalized spacial score (nSPS) is 25.9. The second-order valence-electron chi connectivity index (χ2n) is 5.92. The van der Waals surface area contributed by atoms with E-state index in [2.05, 4.69) is 19.6 Å². The summed E-state index contributed by atoms with van der Waals surface area (Å²) in [5, 5.41) is 0. The van der Waals surface area contributed by atoms with Crippen molar-refractivity contribution in [1.29, 1.82) is 0 Å². The summed E-state index contributed by atoms with van der Waals surface area (Å²) >= 11 is 0. The highest BCUT2D eigenvalue weighted by Crippen LogP contribution is 2.27. The van der Waals surface area contributed by atoms with Gasteiger partial charge in [-0.1, -0.05) is 0 Å². The molecular formula is C12H22F2O3Si. The average molecular weight is 280 g/mol. The molecule has 1 aliphatic carbocycles. The molecule has 6 heteroatoms. The zero-order valence-electron chi connectivity index (χ0n) is 11.5. The number of hydrogen-bond acceptors (Lipinski definition) is 3. The minimum atomic E-state index is -3.40. The average Bonchev–Trinajstić information content (AvgIpc) is 2.17. The van der Waals surface area contributed by atoms with Crippen LogP contribution in [-0.4, -0.2) is 32.4 Å². The molecular weight excluding hydrogens is 258 g/mol. The van der Waals surface area contributed by atoms with E-state index in [9.17, 15) is 13.6 Å². The van der Waals surface area contributed by atoms with Crippen molar-refractivity contribution in [2.45, 2.75) is 70.4 Å². The molecule has 0 radical (unpaired) electrons. The van der Waals surface area contributed by atoms with Crippen molar-refractivity contribution in [1.82, 2.24) is 0 Å². The Morgan fingerprint density at radius 1 is 1.11 bits per heavy atom. The molecule has 1 aliphatic rings. The molecule has 0 spiro atoms. The van der Waals surface area contributed by atoms with Gasteiger partial charge in [0.15, 0.2) is 8.32 Å². The van der Waals surface area contributed by atoms with Gasteiger partial charge in [0.2, 0.25) is 0 Å². The van der Waals surface area contributed by atoms with Gasteiger partial charge in [0.05, 0.1) is 0 Å². The van der Waals surface area contributed by atoms with E-state index in [0.717, 1.165) is 12.8 Å². The molecule has 0 amide bonds. The fourth-order valence-corrected chi connectivity index (χ4v) is 3.26. The highest BCUT2D eigenvalue weighted by atomic mass is 28.4. The third-order valence-electron chi connectivity index (χ3n) is 2.77. The van der Waals surface area contributed by atoms with Gasteiger partial charge in [-0.2, -0.15) is 8.78 Å². The molecule has 0 bridgehead atoms. The molecule has 106 valence electrons. The Bertz CT molecular complexity index is 289. The summed E-state index contributed by atoms with van der Waals surface area (Å²) in [7, 11) is -1.56. The fraction of sp³-hybridized carbons (Fsp3) is 0.917. The highest BCUT2D eigenvalue weighted by molar-refractivity contribution is 6.69. The molecule has 18 heavy (non-hydrogen) atoms. The molecule has 0 N–H and O–H groups in total. The minimum absolute atomic E-state index is 0.189. The second kappa shape index (κ2) is 5.65. The molecule has 1 saturated carbocycles. The zero-order chi connectivity index (χ0) is 14.0. The number of alkyl halides is 2. The van der Waals surface area contributed by atoms with Crippen LogP contribution in [0.15, 0.2) is 0 Å². The van der Waals surface area contributed by atoms with Crippen molar-refractivity contribution in [2.75, 3.05) is 0 Å². The first-order valence-corrected chi connectivity index (χ1v) is 9.75. The molecule has 0 aromatic heterocycles. The van der Waals surface area contributed by atoms with Crippen molar-refractivity contribution >= 4 is 14.3 Å². The summed E-state index contributed by atoms with van der Waals surface area (Å²) in [6, 6.07) is 0. The molecule has 0 aliphatic heterocycles. The maximum absolute atomic E-state index is 12.7. The number of ether oxygens (including phenoxy) is 1. The Morgan fingerprint density at radius 3 is 1.94 bits per heavy atom. The summed E-state index contributed by atoms with van der Waals surface area (Å²) in [4.78, 5) is 11.0. The first-order chi connectivity index (χ1) is 8.08. The van der Waals surface area contributed by atoms with Gasteiger partial charge in [0.1, 0.15) is 6.10 Å². The molecule has 0 aromatic rings. The first-order valence-electron chi connectivity index (χ1n) is 6.34. The molecule has 3 nitrogen and oxygen atoms in total. The molecule has 0 atom stereocenters. The lowest BCUT2D eigenvalue weighted by Gasteiger charge is -2.32. The van der Waals surface area contributed by atoms with Gasteiger partial charge in [-0.15, -0.1) is 0 Å². The number of carbonyl (C=O) groups is 1. The van der Waals surface area contributed by atoms with Crippen LogP contribution >= 0.6 is 0 Å². The predicted octanol–water partition coefficient (Wildman–Crippen LogP) is 3.35. The number of esters is 1. The molecule has 0 saturated heterocycles. The largest absolute Gasteiger partial charge is 0.458 e. The van der Waals surface area contributed by atoms with Crippen LogP contribution in [-0.2, 0) is 14.0 Å². The van der Waals surface area contributed by atoms with Crippen molar-refractivity contribution in [3.8, 4) is 0 Å². The maximum atomic E-state index is 12.7. The first kappa shape index (κ1) is 15.6. The van der Waals surface area contributed by atoms with Crippen molar-refractivity contribution in [3.05, 3.63) is 0 Å². The van der Waals surface area contributed by atoms with Crippen LogP contribution in [0.25, 0.3) is 0 Å². The Hall–Kier alpha value is -0.493. The Labute approximate surface area is 108 Å². The van der Waals surface area contributed by atoms with Gasteiger partial charge in [0, 0.05) is 13.0 Å². The topological polar surface area (TPSA) is 35.5 Å². The molecule has 0 unspecified atom stereocenters. The van der Waals surface area contributed by atoms with E-state index < -0.39 is 20.2 Å². The molecule has 0 heterocycles. The zero-order valence-corrected chi connectivity index (χ0v) is 12.5. The lowest BCUT2D eigenvalue weighted by Crippen LogP contribution is -2.38. The van der Waals surface area contributed by atoms with E-state index in [1.54, 1.807) is 0 Å². The van der Waals surface area contributed by atoms with Crippen molar-refractivity contribution < 1.29 is 22.7 Å². The minimum Gasteiger partial charge on any atom is -0.458 e. The number of carbonyl (C=O) groups excluding carboxylic acids is 1. The SMILES string of the molecule is CC(F)(F)C(=O)OC1CCC(O[Si](C)(C)C)CC1. The third-order valence-corrected chi connectivity index (χ3v) is 3.81. The summed E-state index contributed by atoms with van der Waals surface area (Å²) in [6.07, 6.45) is 2.57. The summed E-state index contributed by atoms with van der Waals surface area (Å²) < 4.78 is 36.1. The van der Waals surface area contributed by atoms with Crippen LogP contribution in [0.3, 0.4) is 0 Å². The Balaban J connectivity index is 2.34. The summed E-state index contributed by atoms with van der Waals surface area (Å²) in [6.45, 7) is 6.93. The van der Waals surface area contributed by atoms with Gasteiger partial charge in [-0.05, 0) is 45.3 Å². The highest BCUT2D eigenvalue weighted by Gasteiger charge is 2.37. The number of hydrogen-bond donors (Lipinski definition) is 0. The van der Waals surface area contributed by atoms with Gasteiger partial charge < -0.3 is 9.16 Å². The van der Waals surface area contributed by atoms with E-state index in [-0.39, 0.29) is 12.2 Å². The van der Waals surface area contributed by atoms with Gasteiger partial charge in [-0.3, -0.25) is 0 Å². The van der Waals surface area contributed by atoms with Crippen LogP contribution in [0.2, 0.25) is 19.6 Å². The lowest BCUT2D eigenvalue weighted by atomic mass is 9.95. The summed E-state index contributed by atoms with van der Waals surface area (Å²) in [5.74, 6) is -4.82. The van der Waals surface area contributed by atoms with Crippen LogP contribution in [0.4, 0.5) is 8.78 Å².